The van der Waals surface area contributed by atoms with Gasteiger partial charge in [0.25, 0.3) is 5.91 Å². The van der Waals surface area contributed by atoms with Crippen LogP contribution in [0.15, 0.2) is 66.7 Å². The maximum atomic E-state index is 14.2. The van der Waals surface area contributed by atoms with Crippen LogP contribution in [-0.4, -0.2) is 62.8 Å². The van der Waals surface area contributed by atoms with Crippen molar-refractivity contribution in [2.45, 2.75) is 6.42 Å². The molecule has 39 heavy (non-hydrogen) atoms. The van der Waals surface area contributed by atoms with Crippen LogP contribution in [0.3, 0.4) is 0 Å². The lowest BCUT2D eigenvalue weighted by Crippen LogP contribution is -2.38. The third-order valence-electron chi connectivity index (χ3n) is 6.14. The van der Waals surface area contributed by atoms with Crippen LogP contribution in [0.2, 0.25) is 0 Å². The molecular formula is C28H30F2N4O4S. The molecule has 2 N–H and O–H groups in total. The molecule has 0 saturated carbocycles. The van der Waals surface area contributed by atoms with Gasteiger partial charge in [0, 0.05) is 32.2 Å². The van der Waals surface area contributed by atoms with Crippen LogP contribution in [0.4, 0.5) is 25.0 Å². The summed E-state index contributed by atoms with van der Waals surface area (Å²) in [7, 11) is 0. The van der Waals surface area contributed by atoms with Gasteiger partial charge in [0.2, 0.25) is 0 Å². The number of hydrogen-bond donors (Lipinski definition) is 3. The molecule has 1 aliphatic heterocycles. The summed E-state index contributed by atoms with van der Waals surface area (Å²) >= 11 is 4.34. The first-order valence-corrected chi connectivity index (χ1v) is 12.9. The molecule has 0 aromatic heterocycles. The molecule has 0 aliphatic carbocycles. The second kappa shape index (κ2) is 13.9. The maximum Gasteiger partial charge on any atom is 0.331 e. The highest BCUT2D eigenvalue weighted by atomic mass is 32.1. The van der Waals surface area contributed by atoms with Gasteiger partial charge in [-0.2, -0.15) is 0 Å². The summed E-state index contributed by atoms with van der Waals surface area (Å²) in [5.41, 5.74) is 1.51. The van der Waals surface area contributed by atoms with Crippen molar-refractivity contribution in [3.63, 3.8) is 0 Å². The van der Waals surface area contributed by atoms with Gasteiger partial charge >= 0.3 is 6.03 Å². The molecule has 4 rings (SSSR count). The van der Waals surface area contributed by atoms with Crippen LogP contribution in [0.25, 0.3) is 0 Å². The normalized spacial score (nSPS) is 13.5. The summed E-state index contributed by atoms with van der Waals surface area (Å²) in [5, 5.41) is 5.47. The number of anilines is 2. The van der Waals surface area contributed by atoms with Crippen molar-refractivity contribution in [2.75, 3.05) is 55.6 Å². The fourth-order valence-electron chi connectivity index (χ4n) is 3.97. The number of carbonyl (C=O) groups excluding carboxylic acids is 2. The Labute approximate surface area is 231 Å². The molecule has 8 nitrogen and oxygen atoms in total. The van der Waals surface area contributed by atoms with Gasteiger partial charge in [0.1, 0.15) is 24.0 Å². The molecule has 0 spiro atoms. The second-order valence-electron chi connectivity index (χ2n) is 8.84. The number of benzene rings is 3. The minimum atomic E-state index is -0.639. The van der Waals surface area contributed by atoms with E-state index in [1.165, 1.54) is 30.3 Å². The first kappa shape index (κ1) is 28.3. The molecule has 1 fully saturated rings. The van der Waals surface area contributed by atoms with Crippen molar-refractivity contribution < 1.29 is 27.8 Å². The summed E-state index contributed by atoms with van der Waals surface area (Å²) in [4.78, 5) is 27.7. The van der Waals surface area contributed by atoms with E-state index in [2.05, 4.69) is 28.3 Å². The quantitative estimate of drug-likeness (QED) is 0.320. The lowest BCUT2D eigenvalue weighted by Gasteiger charge is -2.26. The van der Waals surface area contributed by atoms with Gasteiger partial charge in [0.05, 0.1) is 30.2 Å². The van der Waals surface area contributed by atoms with E-state index in [0.717, 1.165) is 23.0 Å². The average molecular weight is 557 g/mol. The van der Waals surface area contributed by atoms with Crippen LogP contribution >= 0.6 is 12.8 Å². The van der Waals surface area contributed by atoms with Crippen LogP contribution in [0.1, 0.15) is 15.9 Å². The molecule has 3 aromatic rings. The number of thiol groups is 1. The topological polar surface area (TPSA) is 83.1 Å². The number of halogens is 2. The number of morpholine rings is 1. The number of hydrogen-bond acceptors (Lipinski definition) is 6. The van der Waals surface area contributed by atoms with Crippen molar-refractivity contribution in [1.29, 1.82) is 0 Å². The minimum absolute atomic E-state index is 0.0998. The molecule has 0 unspecified atom stereocenters. The number of rotatable bonds is 10. The molecule has 3 aromatic carbocycles. The number of nitrogens with one attached hydrogen (secondary N) is 2. The summed E-state index contributed by atoms with van der Waals surface area (Å²) < 4.78 is 39.8. The van der Waals surface area contributed by atoms with Crippen molar-refractivity contribution in [3.05, 3.63) is 89.5 Å². The van der Waals surface area contributed by atoms with Gasteiger partial charge in [-0.25, -0.2) is 17.9 Å². The van der Waals surface area contributed by atoms with Crippen molar-refractivity contribution in [3.8, 4) is 5.75 Å². The number of carbonyl (C=O) groups is 2. The standard InChI is InChI=1S/C28H30F2N4O4S/c29-21-7-5-20(6-8-21)11-12-31-28(36)34(39)22-9-10-25(32-27(35)23-3-1-2-4-24(23)30)26(19-22)38-18-15-33-13-16-37-17-14-33/h1-10,19,39H,11-18H2,(H,31,36)(H,32,35). The van der Waals surface area contributed by atoms with Crippen molar-refractivity contribution >= 4 is 36.1 Å². The Balaban J connectivity index is 1.43. The zero-order chi connectivity index (χ0) is 27.6. The van der Waals surface area contributed by atoms with Crippen LogP contribution in [0.5, 0.6) is 5.75 Å². The third-order valence-corrected chi connectivity index (χ3v) is 6.55. The van der Waals surface area contributed by atoms with E-state index in [9.17, 15) is 18.4 Å². The second-order valence-corrected chi connectivity index (χ2v) is 9.24. The Morgan fingerprint density at radius 3 is 2.51 bits per heavy atom. The predicted molar refractivity (Wildman–Crippen MR) is 149 cm³/mol. The first-order chi connectivity index (χ1) is 18.9. The third kappa shape index (κ3) is 8.16. The highest BCUT2D eigenvalue weighted by Crippen LogP contribution is 2.31. The van der Waals surface area contributed by atoms with Crippen LogP contribution in [0, 0.1) is 11.6 Å². The molecule has 0 bridgehead atoms. The molecule has 0 atom stereocenters. The number of urea groups is 1. The lowest BCUT2D eigenvalue weighted by molar-refractivity contribution is 0.0323. The van der Waals surface area contributed by atoms with E-state index in [4.69, 9.17) is 9.47 Å². The zero-order valence-corrected chi connectivity index (χ0v) is 22.1. The smallest absolute Gasteiger partial charge is 0.331 e. The Morgan fingerprint density at radius 2 is 1.77 bits per heavy atom. The number of ether oxygens (including phenoxy) is 2. The summed E-state index contributed by atoms with van der Waals surface area (Å²) in [6, 6.07) is 16.0. The summed E-state index contributed by atoms with van der Waals surface area (Å²) in [6.45, 7) is 4.19. The number of nitrogens with zero attached hydrogens (tertiary/aromatic N) is 2. The lowest BCUT2D eigenvalue weighted by atomic mass is 10.1. The predicted octanol–water partition coefficient (Wildman–Crippen LogP) is 4.53. The van der Waals surface area contributed by atoms with Gasteiger partial charge in [-0.05, 0) is 48.4 Å². The summed E-state index contributed by atoms with van der Waals surface area (Å²) in [6.07, 6.45) is 0.518. The van der Waals surface area contributed by atoms with Gasteiger partial charge in [-0.3, -0.25) is 9.69 Å². The van der Waals surface area contributed by atoms with Gasteiger partial charge < -0.3 is 20.1 Å². The molecular weight excluding hydrogens is 526 g/mol. The Morgan fingerprint density at radius 1 is 1.03 bits per heavy atom. The average Bonchev–Trinajstić information content (AvgIpc) is 2.95. The van der Waals surface area contributed by atoms with E-state index in [1.54, 1.807) is 36.4 Å². The SMILES string of the molecule is O=C(Nc1ccc(N(S)C(=O)NCCc2ccc(F)cc2)cc1OCCN1CCOCC1)c1ccccc1F. The Kier molecular flexibility index (Phi) is 10.1. The molecule has 1 aliphatic rings. The maximum absolute atomic E-state index is 14.2. The Hall–Kier alpha value is -3.67. The van der Waals surface area contributed by atoms with Crippen LogP contribution in [-0.2, 0) is 11.2 Å². The van der Waals surface area contributed by atoms with Crippen molar-refractivity contribution in [1.82, 2.24) is 10.2 Å². The highest BCUT2D eigenvalue weighted by Gasteiger charge is 2.18. The van der Waals surface area contributed by atoms with E-state index in [1.807, 2.05) is 0 Å². The van der Waals surface area contributed by atoms with Gasteiger partial charge in [0.15, 0.2) is 0 Å². The van der Waals surface area contributed by atoms with Gasteiger partial charge in [-0.1, -0.05) is 37.1 Å². The fraction of sp³-hybridized carbons (Fsp3) is 0.286. The molecule has 1 saturated heterocycles. The monoisotopic (exact) mass is 556 g/mol. The van der Waals surface area contributed by atoms with E-state index < -0.39 is 17.8 Å². The molecule has 3 amide bonds. The van der Waals surface area contributed by atoms with Gasteiger partial charge in [-0.15, -0.1) is 0 Å². The summed E-state index contributed by atoms with van der Waals surface area (Å²) in [5.74, 6) is -1.27. The molecule has 11 heteroatoms. The number of amides is 3. The largest absolute Gasteiger partial charge is 0.490 e. The molecule has 0 radical (unpaired) electrons. The highest BCUT2D eigenvalue weighted by molar-refractivity contribution is 7.82. The minimum Gasteiger partial charge on any atom is -0.490 e. The molecule has 206 valence electrons. The van der Waals surface area contributed by atoms with Crippen LogP contribution < -0.4 is 19.7 Å². The molecule has 1 heterocycles. The van der Waals surface area contributed by atoms with E-state index in [-0.39, 0.29) is 11.4 Å². The fourth-order valence-corrected chi connectivity index (χ4v) is 4.16. The van der Waals surface area contributed by atoms with E-state index in [0.29, 0.717) is 56.5 Å². The first-order valence-electron chi connectivity index (χ1n) is 12.5. The Bertz CT molecular complexity index is 1270. The van der Waals surface area contributed by atoms with E-state index >= 15 is 0 Å². The zero-order valence-electron chi connectivity index (χ0n) is 21.2. The van der Waals surface area contributed by atoms with Crippen molar-refractivity contribution in [2.24, 2.45) is 0 Å².